The lowest BCUT2D eigenvalue weighted by atomic mass is 10.1. The highest BCUT2D eigenvalue weighted by Crippen LogP contribution is 2.30. The molecule has 3 rings (SSSR count). The van der Waals surface area contributed by atoms with Crippen molar-refractivity contribution in [1.29, 1.82) is 0 Å². The van der Waals surface area contributed by atoms with E-state index in [0.717, 1.165) is 22.7 Å². The molecule has 24 heavy (non-hydrogen) atoms. The summed E-state index contributed by atoms with van der Waals surface area (Å²) >= 11 is 0. The summed E-state index contributed by atoms with van der Waals surface area (Å²) in [4.78, 5) is 16.3. The number of pyridine rings is 1. The van der Waals surface area contributed by atoms with Gasteiger partial charge in [0.25, 0.3) is 0 Å². The number of nitrogens with one attached hydrogen (secondary N) is 1. The van der Waals surface area contributed by atoms with Crippen LogP contribution in [-0.2, 0) is 4.74 Å². The molecule has 5 nitrogen and oxygen atoms in total. The molecule has 0 aliphatic heterocycles. The number of carbonyl (C=O) groups excluding carboxylic acids is 1. The number of hydrogen-bond donors (Lipinski definition) is 1. The molecule has 3 aromatic rings. The number of hydrogen-bond acceptors (Lipinski definition) is 4. The quantitative estimate of drug-likeness (QED) is 0.740. The monoisotopic (exact) mass is 323 g/mol. The molecule has 5 heteroatoms. The van der Waals surface area contributed by atoms with Crippen molar-refractivity contribution in [2.24, 2.45) is 0 Å². The van der Waals surface area contributed by atoms with Crippen molar-refractivity contribution >= 4 is 17.4 Å². The summed E-state index contributed by atoms with van der Waals surface area (Å²) in [6.45, 7) is 6.33. The second-order valence-corrected chi connectivity index (χ2v) is 6.68. The number of nitrogens with zero attached hydrogens (tertiary/aromatic N) is 2. The van der Waals surface area contributed by atoms with Crippen molar-refractivity contribution in [3.63, 3.8) is 0 Å². The van der Waals surface area contributed by atoms with E-state index < -0.39 is 0 Å². The second-order valence-electron chi connectivity index (χ2n) is 6.68. The zero-order valence-electron chi connectivity index (χ0n) is 14.3. The molecule has 0 aliphatic carbocycles. The van der Waals surface area contributed by atoms with Crippen LogP contribution in [0.5, 0.6) is 0 Å². The molecule has 1 N–H and O–H groups in total. The number of imidazole rings is 1. The first-order valence-corrected chi connectivity index (χ1v) is 7.83. The molecule has 2 aromatic heterocycles. The zero-order valence-corrected chi connectivity index (χ0v) is 14.3. The maximum atomic E-state index is 11.6. The first kappa shape index (κ1) is 16.1. The third-order valence-electron chi connectivity index (χ3n) is 3.60. The first-order chi connectivity index (χ1) is 11.4. The van der Waals surface area contributed by atoms with Gasteiger partial charge in [-0.2, -0.15) is 0 Å². The highest BCUT2D eigenvalue weighted by atomic mass is 16.5. The second kappa shape index (κ2) is 6.00. The number of rotatable bonds is 3. The minimum Gasteiger partial charge on any atom is -0.465 e. The van der Waals surface area contributed by atoms with Gasteiger partial charge in [-0.25, -0.2) is 9.78 Å². The van der Waals surface area contributed by atoms with Crippen LogP contribution in [0.15, 0.2) is 48.7 Å². The fourth-order valence-corrected chi connectivity index (χ4v) is 2.55. The van der Waals surface area contributed by atoms with Gasteiger partial charge in [-0.15, -0.1) is 0 Å². The molecule has 0 saturated heterocycles. The van der Waals surface area contributed by atoms with E-state index >= 15 is 0 Å². The lowest BCUT2D eigenvalue weighted by molar-refractivity contribution is 0.0601. The van der Waals surface area contributed by atoms with Crippen molar-refractivity contribution in [3.05, 3.63) is 54.2 Å². The van der Waals surface area contributed by atoms with E-state index in [1.807, 2.05) is 40.9 Å². The summed E-state index contributed by atoms with van der Waals surface area (Å²) < 4.78 is 6.78. The van der Waals surface area contributed by atoms with Crippen molar-refractivity contribution in [1.82, 2.24) is 9.38 Å². The number of carbonyl (C=O) groups is 1. The van der Waals surface area contributed by atoms with E-state index in [1.54, 1.807) is 12.1 Å². The normalized spacial score (nSPS) is 11.5. The smallest absolute Gasteiger partial charge is 0.337 e. The summed E-state index contributed by atoms with van der Waals surface area (Å²) in [5, 5.41) is 3.53. The fraction of sp³-hybridized carbons (Fsp3) is 0.263. The highest BCUT2D eigenvalue weighted by Gasteiger charge is 2.19. The number of fused-ring (bicyclic) bond motifs is 1. The van der Waals surface area contributed by atoms with Crippen molar-refractivity contribution in [3.8, 4) is 11.3 Å². The summed E-state index contributed by atoms with van der Waals surface area (Å²) in [5.41, 5.74) is 3.09. The van der Waals surface area contributed by atoms with Crippen LogP contribution >= 0.6 is 0 Å². The van der Waals surface area contributed by atoms with Gasteiger partial charge in [-0.05, 0) is 45.0 Å². The van der Waals surface area contributed by atoms with Crippen LogP contribution in [0.1, 0.15) is 31.1 Å². The standard InChI is InChI=1S/C19H21N3O2/c1-19(2,3)21-17-16(20-15-7-5-6-12-22(15)17)13-8-10-14(11-9-13)18(23)24-4/h5-12,21H,1-4H3. The Morgan fingerprint density at radius 3 is 2.46 bits per heavy atom. The Hall–Kier alpha value is -2.82. The van der Waals surface area contributed by atoms with Gasteiger partial charge >= 0.3 is 5.97 Å². The average molecular weight is 323 g/mol. The molecule has 124 valence electrons. The fourth-order valence-electron chi connectivity index (χ4n) is 2.55. The van der Waals surface area contributed by atoms with Crippen molar-refractivity contribution in [2.45, 2.75) is 26.3 Å². The predicted molar refractivity (Wildman–Crippen MR) is 95.3 cm³/mol. The molecule has 0 saturated carbocycles. The molecular formula is C19H21N3O2. The number of aromatic nitrogens is 2. The van der Waals surface area contributed by atoms with Gasteiger partial charge in [-0.1, -0.05) is 18.2 Å². The van der Waals surface area contributed by atoms with Gasteiger partial charge in [0.2, 0.25) is 0 Å². The summed E-state index contributed by atoms with van der Waals surface area (Å²) in [6.07, 6.45) is 1.99. The maximum absolute atomic E-state index is 11.6. The Morgan fingerprint density at radius 1 is 1.12 bits per heavy atom. The minimum absolute atomic E-state index is 0.105. The average Bonchev–Trinajstić information content (AvgIpc) is 2.91. The molecule has 0 unspecified atom stereocenters. The molecular weight excluding hydrogens is 302 g/mol. The molecule has 1 aromatic carbocycles. The van der Waals surface area contributed by atoms with E-state index in [9.17, 15) is 4.79 Å². The van der Waals surface area contributed by atoms with Gasteiger partial charge in [0.1, 0.15) is 17.2 Å². The van der Waals surface area contributed by atoms with Crippen LogP contribution in [0.4, 0.5) is 5.82 Å². The SMILES string of the molecule is COC(=O)c1ccc(-c2nc3ccccn3c2NC(C)(C)C)cc1. The topological polar surface area (TPSA) is 55.6 Å². The van der Waals surface area contributed by atoms with E-state index in [1.165, 1.54) is 7.11 Å². The van der Waals surface area contributed by atoms with E-state index in [0.29, 0.717) is 5.56 Å². The minimum atomic E-state index is -0.343. The van der Waals surface area contributed by atoms with E-state index in [-0.39, 0.29) is 11.5 Å². The van der Waals surface area contributed by atoms with Crippen LogP contribution in [0, 0.1) is 0 Å². The molecule has 0 fully saturated rings. The van der Waals surface area contributed by atoms with E-state index in [4.69, 9.17) is 9.72 Å². The lowest BCUT2D eigenvalue weighted by Crippen LogP contribution is -2.27. The van der Waals surface area contributed by atoms with Gasteiger partial charge in [0.15, 0.2) is 0 Å². The Balaban J connectivity index is 2.11. The van der Waals surface area contributed by atoms with Crippen LogP contribution in [0.2, 0.25) is 0 Å². The lowest BCUT2D eigenvalue weighted by Gasteiger charge is -2.22. The predicted octanol–water partition coefficient (Wildman–Crippen LogP) is 4.00. The summed E-state index contributed by atoms with van der Waals surface area (Å²) in [5.74, 6) is 0.591. The molecule has 0 amide bonds. The van der Waals surface area contributed by atoms with Crippen LogP contribution in [0.25, 0.3) is 16.9 Å². The Kier molecular flexibility index (Phi) is 4.01. The first-order valence-electron chi connectivity index (χ1n) is 7.83. The van der Waals surface area contributed by atoms with Gasteiger partial charge in [0, 0.05) is 17.3 Å². The van der Waals surface area contributed by atoms with E-state index in [2.05, 4.69) is 26.1 Å². The molecule has 0 atom stereocenters. The number of esters is 1. The number of anilines is 1. The Morgan fingerprint density at radius 2 is 1.83 bits per heavy atom. The van der Waals surface area contributed by atoms with Crippen LogP contribution < -0.4 is 5.32 Å². The largest absolute Gasteiger partial charge is 0.465 e. The molecule has 0 bridgehead atoms. The third kappa shape index (κ3) is 3.11. The van der Waals surface area contributed by atoms with Gasteiger partial charge in [-0.3, -0.25) is 4.40 Å². The molecule has 0 spiro atoms. The van der Waals surface area contributed by atoms with Gasteiger partial charge in [0.05, 0.1) is 12.7 Å². The van der Waals surface area contributed by atoms with Gasteiger partial charge < -0.3 is 10.1 Å². The number of ether oxygens (including phenoxy) is 1. The van der Waals surface area contributed by atoms with Crippen molar-refractivity contribution < 1.29 is 9.53 Å². The zero-order chi connectivity index (χ0) is 17.3. The summed E-state index contributed by atoms with van der Waals surface area (Å²) in [6, 6.07) is 13.2. The number of methoxy groups -OCH3 is 1. The Labute approximate surface area is 141 Å². The molecule has 0 radical (unpaired) electrons. The maximum Gasteiger partial charge on any atom is 0.337 e. The van der Waals surface area contributed by atoms with Crippen LogP contribution in [0.3, 0.4) is 0 Å². The number of benzene rings is 1. The molecule has 2 heterocycles. The molecule has 0 aliphatic rings. The van der Waals surface area contributed by atoms with Crippen LogP contribution in [-0.4, -0.2) is 28.0 Å². The summed E-state index contributed by atoms with van der Waals surface area (Å²) in [7, 11) is 1.38. The third-order valence-corrected chi connectivity index (χ3v) is 3.60. The van der Waals surface area contributed by atoms with Crippen molar-refractivity contribution in [2.75, 3.05) is 12.4 Å². The Bertz CT molecular complexity index is 874. The highest BCUT2D eigenvalue weighted by molar-refractivity contribution is 5.90.